The number of nitrogens with zero attached hydrogens (tertiary/aromatic N) is 1. The third-order valence-electron chi connectivity index (χ3n) is 3.93. The lowest BCUT2D eigenvalue weighted by molar-refractivity contribution is -0.384. The Kier molecular flexibility index (Phi) is 7.73. The van der Waals surface area contributed by atoms with Crippen LogP contribution in [-0.2, 0) is 16.1 Å². The van der Waals surface area contributed by atoms with Crippen molar-refractivity contribution in [2.24, 2.45) is 0 Å². The molecule has 2 rings (SSSR count). The molecule has 0 unspecified atom stereocenters. The molecule has 0 saturated carbocycles. The molecule has 9 heteroatoms. The summed E-state index contributed by atoms with van der Waals surface area (Å²) in [4.78, 5) is 34.9. The number of carbonyl (C=O) groups excluding carboxylic acids is 2. The summed E-state index contributed by atoms with van der Waals surface area (Å²) in [7, 11) is 0. The molecule has 2 N–H and O–H groups in total. The minimum absolute atomic E-state index is 0.0386. The number of benzene rings is 2. The fourth-order valence-electron chi connectivity index (χ4n) is 2.39. The van der Waals surface area contributed by atoms with Crippen molar-refractivity contribution in [3.05, 3.63) is 81.4 Å². The second-order valence-corrected chi connectivity index (χ2v) is 6.42. The van der Waals surface area contributed by atoms with E-state index in [2.05, 4.69) is 17.2 Å². The van der Waals surface area contributed by atoms with Gasteiger partial charge >= 0.3 is 5.97 Å². The van der Waals surface area contributed by atoms with Gasteiger partial charge in [0.05, 0.1) is 10.5 Å². The maximum Gasteiger partial charge on any atom is 0.339 e. The van der Waals surface area contributed by atoms with Crippen molar-refractivity contribution in [3.8, 4) is 0 Å². The number of amides is 1. The molecule has 0 radical (unpaired) electrons. The van der Waals surface area contributed by atoms with Crippen LogP contribution in [0.4, 0.5) is 11.4 Å². The topological polar surface area (TPSA) is 111 Å². The molecule has 1 atom stereocenters. The quantitative estimate of drug-likeness (QED) is 0.278. The number of esters is 1. The van der Waals surface area contributed by atoms with Crippen LogP contribution in [0.5, 0.6) is 0 Å². The molecular weight excluding hydrogens is 398 g/mol. The summed E-state index contributed by atoms with van der Waals surface area (Å²) in [6.07, 6.45) is 0.434. The summed E-state index contributed by atoms with van der Waals surface area (Å²) in [5.41, 5.74) is 0.660. The first-order chi connectivity index (χ1) is 13.8. The molecule has 0 heterocycles. The molecule has 0 spiro atoms. The number of ether oxygens (including phenoxy) is 1. The van der Waals surface area contributed by atoms with Gasteiger partial charge in [-0.2, -0.15) is 0 Å². The molecule has 152 valence electrons. The smallest absolute Gasteiger partial charge is 0.339 e. The van der Waals surface area contributed by atoms with Crippen molar-refractivity contribution in [1.29, 1.82) is 0 Å². The Morgan fingerprint density at radius 1 is 1.31 bits per heavy atom. The lowest BCUT2D eigenvalue weighted by atomic mass is 10.1. The Morgan fingerprint density at radius 2 is 2.03 bits per heavy atom. The predicted octanol–water partition coefficient (Wildman–Crippen LogP) is 3.71. The van der Waals surface area contributed by atoms with E-state index in [1.54, 1.807) is 18.2 Å². The molecule has 2 aromatic rings. The highest BCUT2D eigenvalue weighted by molar-refractivity contribution is 6.31. The van der Waals surface area contributed by atoms with Gasteiger partial charge in [0.1, 0.15) is 5.69 Å². The summed E-state index contributed by atoms with van der Waals surface area (Å²) in [5.74, 6) is -1.34. The Bertz CT molecular complexity index is 932. The zero-order valence-corrected chi connectivity index (χ0v) is 16.4. The van der Waals surface area contributed by atoms with E-state index in [4.69, 9.17) is 16.3 Å². The molecule has 0 aromatic heterocycles. The van der Waals surface area contributed by atoms with Crippen molar-refractivity contribution < 1.29 is 19.2 Å². The van der Waals surface area contributed by atoms with Crippen LogP contribution >= 0.6 is 11.6 Å². The second-order valence-electron chi connectivity index (χ2n) is 6.02. The summed E-state index contributed by atoms with van der Waals surface area (Å²) < 4.78 is 5.07. The fraction of sp³-hybridized carbons (Fsp3) is 0.200. The molecule has 0 fully saturated rings. The number of hydrogen-bond donors (Lipinski definition) is 2. The lowest BCUT2D eigenvalue weighted by Crippen LogP contribution is -2.35. The highest BCUT2D eigenvalue weighted by Gasteiger charge is 2.22. The standard InChI is InChI=1S/C20H20ClN3O5/c1-3-10-22-19(25)13(2)29-20(26)14-8-9-17(18(11-14)24(27)28)23-12-15-6-4-5-7-16(15)21/h3-9,11,13,23H,1,10,12H2,2H3,(H,22,25)/t13-/m0/s1. The monoisotopic (exact) mass is 417 g/mol. The van der Waals surface area contributed by atoms with Crippen LogP contribution in [0.25, 0.3) is 0 Å². The minimum Gasteiger partial charge on any atom is -0.449 e. The molecule has 1 amide bonds. The van der Waals surface area contributed by atoms with E-state index in [0.717, 1.165) is 11.6 Å². The van der Waals surface area contributed by atoms with E-state index in [9.17, 15) is 19.7 Å². The number of nitro groups is 1. The van der Waals surface area contributed by atoms with Crippen molar-refractivity contribution >= 4 is 34.9 Å². The minimum atomic E-state index is -1.06. The van der Waals surface area contributed by atoms with Gasteiger partial charge in [0.2, 0.25) is 0 Å². The van der Waals surface area contributed by atoms with Crippen molar-refractivity contribution in [1.82, 2.24) is 5.32 Å². The SMILES string of the molecule is C=CCNC(=O)[C@H](C)OC(=O)c1ccc(NCc2ccccc2Cl)c([N+](=O)[O-])c1. The molecule has 0 aliphatic rings. The van der Waals surface area contributed by atoms with E-state index >= 15 is 0 Å². The predicted molar refractivity (Wildman–Crippen MR) is 110 cm³/mol. The molecule has 2 aromatic carbocycles. The Labute approximate surface area is 172 Å². The van der Waals surface area contributed by atoms with Crippen molar-refractivity contribution in [2.45, 2.75) is 19.6 Å². The highest BCUT2D eigenvalue weighted by atomic mass is 35.5. The average molecular weight is 418 g/mol. The molecule has 0 saturated heterocycles. The summed E-state index contributed by atoms with van der Waals surface area (Å²) in [5, 5.41) is 17.4. The first kappa shape index (κ1) is 21.9. The number of rotatable bonds is 9. The van der Waals surface area contributed by atoms with Crippen LogP contribution in [0.3, 0.4) is 0 Å². The van der Waals surface area contributed by atoms with E-state index in [0.29, 0.717) is 5.02 Å². The van der Waals surface area contributed by atoms with Gasteiger partial charge in [-0.15, -0.1) is 6.58 Å². The third-order valence-corrected chi connectivity index (χ3v) is 4.30. The van der Waals surface area contributed by atoms with Gasteiger partial charge in [0.15, 0.2) is 6.10 Å². The van der Waals surface area contributed by atoms with E-state index in [1.165, 1.54) is 25.1 Å². The van der Waals surface area contributed by atoms with Crippen LogP contribution in [0.1, 0.15) is 22.8 Å². The molecule has 0 bridgehead atoms. The van der Waals surface area contributed by atoms with Crippen LogP contribution < -0.4 is 10.6 Å². The second kappa shape index (κ2) is 10.2. The summed E-state index contributed by atoms with van der Waals surface area (Å²) in [6.45, 7) is 5.38. The molecule has 0 aliphatic carbocycles. The lowest BCUT2D eigenvalue weighted by Gasteiger charge is -2.13. The number of halogens is 1. The first-order valence-electron chi connectivity index (χ1n) is 8.68. The Hall–Kier alpha value is -3.39. The normalized spacial score (nSPS) is 11.2. The van der Waals surface area contributed by atoms with Gasteiger partial charge in [-0.1, -0.05) is 35.9 Å². The van der Waals surface area contributed by atoms with Gasteiger partial charge in [0, 0.05) is 24.2 Å². The van der Waals surface area contributed by atoms with Gasteiger partial charge in [-0.05, 0) is 30.7 Å². The summed E-state index contributed by atoms with van der Waals surface area (Å²) >= 11 is 6.09. The third kappa shape index (κ3) is 6.05. The first-order valence-corrected chi connectivity index (χ1v) is 9.06. The number of anilines is 1. The van der Waals surface area contributed by atoms with Gasteiger partial charge in [-0.3, -0.25) is 14.9 Å². The van der Waals surface area contributed by atoms with Crippen molar-refractivity contribution in [2.75, 3.05) is 11.9 Å². The Morgan fingerprint density at radius 3 is 2.69 bits per heavy atom. The van der Waals surface area contributed by atoms with Gasteiger partial charge in [-0.25, -0.2) is 4.79 Å². The van der Waals surface area contributed by atoms with E-state index in [1.807, 2.05) is 6.07 Å². The van der Waals surface area contributed by atoms with E-state index < -0.39 is 22.9 Å². The molecule has 8 nitrogen and oxygen atoms in total. The number of nitro benzene ring substituents is 1. The fourth-order valence-corrected chi connectivity index (χ4v) is 2.59. The number of hydrogen-bond acceptors (Lipinski definition) is 6. The van der Waals surface area contributed by atoms with Crippen LogP contribution in [-0.4, -0.2) is 29.4 Å². The molecular formula is C20H20ClN3O5. The molecule has 0 aliphatic heterocycles. The average Bonchev–Trinajstić information content (AvgIpc) is 2.71. The van der Waals surface area contributed by atoms with E-state index in [-0.39, 0.29) is 30.0 Å². The largest absolute Gasteiger partial charge is 0.449 e. The maximum absolute atomic E-state index is 12.3. The van der Waals surface area contributed by atoms with Crippen molar-refractivity contribution in [3.63, 3.8) is 0 Å². The number of nitrogens with one attached hydrogen (secondary N) is 2. The summed E-state index contributed by atoms with van der Waals surface area (Å²) in [6, 6.07) is 11.0. The maximum atomic E-state index is 12.3. The zero-order chi connectivity index (χ0) is 21.4. The molecule has 29 heavy (non-hydrogen) atoms. The number of carbonyl (C=O) groups is 2. The zero-order valence-electron chi connectivity index (χ0n) is 15.7. The highest BCUT2D eigenvalue weighted by Crippen LogP contribution is 2.27. The Balaban J connectivity index is 2.13. The van der Waals surface area contributed by atoms with Crippen LogP contribution in [0.2, 0.25) is 5.02 Å². The van der Waals surface area contributed by atoms with Gasteiger partial charge in [0.25, 0.3) is 11.6 Å². The van der Waals surface area contributed by atoms with Crippen LogP contribution in [0.15, 0.2) is 55.1 Å². The van der Waals surface area contributed by atoms with Gasteiger partial charge < -0.3 is 15.4 Å². The van der Waals surface area contributed by atoms with Crippen LogP contribution in [0, 0.1) is 10.1 Å².